The zero-order valence-electron chi connectivity index (χ0n) is 20.0. The molecule has 3 aromatic carbocycles. The topological polar surface area (TPSA) is 97.0 Å². The highest BCUT2D eigenvalue weighted by atomic mass is 79.9. The Morgan fingerprint density at radius 2 is 1.89 bits per heavy atom. The van der Waals surface area contributed by atoms with Gasteiger partial charge in [0.05, 0.1) is 12.1 Å². The molecule has 1 fully saturated rings. The predicted molar refractivity (Wildman–Crippen MR) is 145 cm³/mol. The van der Waals surface area contributed by atoms with Crippen LogP contribution in [0.3, 0.4) is 0 Å². The average molecular weight is 585 g/mol. The zero-order chi connectivity index (χ0) is 26.5. The number of urea groups is 1. The van der Waals surface area contributed by atoms with Gasteiger partial charge in [-0.2, -0.15) is 0 Å². The van der Waals surface area contributed by atoms with Gasteiger partial charge in [-0.05, 0) is 66.1 Å². The Labute approximate surface area is 227 Å². The van der Waals surface area contributed by atoms with Crippen molar-refractivity contribution >= 4 is 57.1 Å². The highest BCUT2D eigenvalue weighted by Crippen LogP contribution is 2.37. The number of halogens is 2. The molecule has 0 bridgehead atoms. The van der Waals surface area contributed by atoms with Gasteiger partial charge in [0.15, 0.2) is 11.5 Å². The number of aryl methyl sites for hydroxylation is 1. The van der Waals surface area contributed by atoms with E-state index < -0.39 is 24.4 Å². The van der Waals surface area contributed by atoms with Crippen LogP contribution in [0.2, 0.25) is 5.02 Å². The number of hydrogen-bond donors (Lipinski definition) is 2. The number of imide groups is 1. The number of hydrogen-bond acceptors (Lipinski definition) is 5. The maximum Gasteiger partial charge on any atom is 0.329 e. The fraction of sp³-hybridized carbons (Fsp3) is 0.148. The molecule has 1 heterocycles. The lowest BCUT2D eigenvalue weighted by Gasteiger charge is -2.14. The van der Waals surface area contributed by atoms with Crippen LogP contribution < -0.4 is 20.1 Å². The summed E-state index contributed by atoms with van der Waals surface area (Å²) in [6.07, 6.45) is 1.46. The van der Waals surface area contributed by atoms with Crippen LogP contribution in [-0.2, 0) is 16.2 Å². The maximum atomic E-state index is 12.9. The molecule has 10 heteroatoms. The maximum absolute atomic E-state index is 12.9. The van der Waals surface area contributed by atoms with E-state index in [9.17, 15) is 14.4 Å². The lowest BCUT2D eigenvalue weighted by molar-refractivity contribution is -0.127. The van der Waals surface area contributed by atoms with E-state index in [1.807, 2.05) is 37.3 Å². The Morgan fingerprint density at radius 1 is 1.14 bits per heavy atom. The Balaban J connectivity index is 1.46. The smallest absolute Gasteiger partial charge is 0.329 e. The quantitative estimate of drug-likeness (QED) is 0.268. The molecule has 1 saturated heterocycles. The predicted octanol–water partition coefficient (Wildman–Crippen LogP) is 5.53. The van der Waals surface area contributed by atoms with E-state index in [0.717, 1.165) is 20.5 Å². The van der Waals surface area contributed by atoms with Crippen LogP contribution in [-0.4, -0.2) is 36.4 Å². The van der Waals surface area contributed by atoms with Crippen LogP contribution in [0.15, 0.2) is 70.8 Å². The summed E-state index contributed by atoms with van der Waals surface area (Å²) in [4.78, 5) is 38.5. The molecule has 190 valence electrons. The number of benzene rings is 3. The largest absolute Gasteiger partial charge is 0.493 e. The lowest BCUT2D eigenvalue weighted by Crippen LogP contribution is -2.38. The highest BCUT2D eigenvalue weighted by molar-refractivity contribution is 9.10. The molecule has 0 saturated carbocycles. The van der Waals surface area contributed by atoms with Crippen molar-refractivity contribution in [2.45, 2.75) is 13.5 Å². The summed E-state index contributed by atoms with van der Waals surface area (Å²) in [5.74, 6) is -0.407. The molecular formula is C27H23BrClN3O5. The van der Waals surface area contributed by atoms with Gasteiger partial charge < -0.3 is 20.1 Å². The molecule has 0 aliphatic carbocycles. The Hall–Kier alpha value is -3.82. The monoisotopic (exact) mass is 583 g/mol. The molecule has 37 heavy (non-hydrogen) atoms. The van der Waals surface area contributed by atoms with Crippen molar-refractivity contribution < 1.29 is 23.9 Å². The van der Waals surface area contributed by atoms with Gasteiger partial charge >= 0.3 is 6.03 Å². The summed E-state index contributed by atoms with van der Waals surface area (Å²) in [6.45, 7) is 1.74. The van der Waals surface area contributed by atoms with Crippen LogP contribution in [0.25, 0.3) is 6.08 Å². The van der Waals surface area contributed by atoms with E-state index in [1.165, 1.54) is 13.2 Å². The van der Waals surface area contributed by atoms with Crippen LogP contribution in [0.5, 0.6) is 11.5 Å². The second kappa shape index (κ2) is 11.5. The number of amides is 4. The minimum atomic E-state index is -0.692. The summed E-state index contributed by atoms with van der Waals surface area (Å²) in [6, 6.07) is 17.4. The summed E-state index contributed by atoms with van der Waals surface area (Å²) in [5.41, 5.74) is 3.01. The van der Waals surface area contributed by atoms with Gasteiger partial charge in [-0.15, -0.1) is 0 Å². The van der Waals surface area contributed by atoms with Gasteiger partial charge in [-0.3, -0.25) is 9.59 Å². The molecule has 2 N–H and O–H groups in total. The Morgan fingerprint density at radius 3 is 2.59 bits per heavy atom. The number of nitrogens with zero attached hydrogens (tertiary/aromatic N) is 1. The van der Waals surface area contributed by atoms with Crippen molar-refractivity contribution in [3.05, 3.63) is 92.5 Å². The number of methoxy groups -OCH3 is 1. The van der Waals surface area contributed by atoms with E-state index in [1.54, 1.807) is 30.3 Å². The molecule has 1 aliphatic rings. The van der Waals surface area contributed by atoms with Gasteiger partial charge in [0, 0.05) is 10.2 Å². The number of anilines is 1. The second-order valence-electron chi connectivity index (χ2n) is 8.25. The summed E-state index contributed by atoms with van der Waals surface area (Å²) in [7, 11) is 1.48. The third-order valence-electron chi connectivity index (χ3n) is 5.43. The molecule has 0 spiro atoms. The number of rotatable bonds is 8. The third kappa shape index (κ3) is 6.49. The Kier molecular flexibility index (Phi) is 8.15. The first kappa shape index (κ1) is 26.2. The summed E-state index contributed by atoms with van der Waals surface area (Å²) in [5, 5.41) is 5.46. The molecular weight excluding hydrogens is 562 g/mol. The van der Waals surface area contributed by atoms with Crippen molar-refractivity contribution in [1.29, 1.82) is 0 Å². The first-order chi connectivity index (χ1) is 17.7. The van der Waals surface area contributed by atoms with E-state index >= 15 is 0 Å². The summed E-state index contributed by atoms with van der Waals surface area (Å²) >= 11 is 9.86. The SMILES string of the molecule is COc1cc(/C=C2/NC(=O)N(CC(=O)Nc3cccc(C)c3)C2=O)cc(Cl)c1OCc1ccc(Br)cc1. The minimum Gasteiger partial charge on any atom is -0.493 e. The molecule has 4 rings (SSSR count). The highest BCUT2D eigenvalue weighted by Gasteiger charge is 2.35. The molecule has 0 atom stereocenters. The van der Waals surface area contributed by atoms with Gasteiger partial charge in [-0.25, -0.2) is 9.69 Å². The molecule has 8 nitrogen and oxygen atoms in total. The van der Waals surface area contributed by atoms with Crippen molar-refractivity contribution in [2.24, 2.45) is 0 Å². The van der Waals surface area contributed by atoms with Crippen molar-refractivity contribution in [1.82, 2.24) is 10.2 Å². The van der Waals surface area contributed by atoms with Gasteiger partial charge in [-0.1, -0.05) is 51.8 Å². The van der Waals surface area contributed by atoms with Crippen molar-refractivity contribution in [3.8, 4) is 11.5 Å². The normalized spacial score (nSPS) is 14.1. The molecule has 0 aromatic heterocycles. The first-order valence-electron chi connectivity index (χ1n) is 11.2. The third-order valence-corrected chi connectivity index (χ3v) is 6.23. The van der Waals surface area contributed by atoms with Crippen LogP contribution in [0.4, 0.5) is 10.5 Å². The number of carbonyl (C=O) groups is 3. The summed E-state index contributed by atoms with van der Waals surface area (Å²) < 4.78 is 12.3. The lowest BCUT2D eigenvalue weighted by atomic mass is 10.1. The van der Waals surface area contributed by atoms with E-state index in [0.29, 0.717) is 22.7 Å². The number of carbonyl (C=O) groups excluding carboxylic acids is 3. The van der Waals surface area contributed by atoms with Crippen LogP contribution in [0.1, 0.15) is 16.7 Å². The van der Waals surface area contributed by atoms with Gasteiger partial charge in [0.1, 0.15) is 18.8 Å². The fourth-order valence-electron chi connectivity index (χ4n) is 3.65. The number of nitrogens with one attached hydrogen (secondary N) is 2. The van der Waals surface area contributed by atoms with Crippen molar-refractivity contribution in [2.75, 3.05) is 19.0 Å². The molecule has 0 radical (unpaired) electrons. The second-order valence-corrected chi connectivity index (χ2v) is 9.57. The van der Waals surface area contributed by atoms with E-state index in [2.05, 4.69) is 26.6 Å². The number of ether oxygens (including phenoxy) is 2. The standard InChI is InChI=1S/C27H23BrClN3O5/c1-16-4-3-5-20(10-16)30-24(33)14-32-26(34)22(31-27(32)35)12-18-11-21(29)25(23(13-18)36-2)37-15-17-6-8-19(28)9-7-17/h3-13H,14-15H2,1-2H3,(H,30,33)(H,31,35)/b22-12+. The Bertz CT molecular complexity index is 1390. The van der Waals surface area contributed by atoms with Crippen LogP contribution >= 0.6 is 27.5 Å². The minimum absolute atomic E-state index is 0.00926. The molecule has 3 aromatic rings. The molecule has 4 amide bonds. The average Bonchev–Trinajstić information content (AvgIpc) is 3.11. The fourth-order valence-corrected chi connectivity index (χ4v) is 4.19. The molecule has 0 unspecified atom stereocenters. The van der Waals surface area contributed by atoms with Gasteiger partial charge in [0.25, 0.3) is 5.91 Å². The molecule has 1 aliphatic heterocycles. The zero-order valence-corrected chi connectivity index (χ0v) is 22.4. The van der Waals surface area contributed by atoms with Crippen molar-refractivity contribution in [3.63, 3.8) is 0 Å². The first-order valence-corrected chi connectivity index (χ1v) is 12.4. The van der Waals surface area contributed by atoms with E-state index in [4.69, 9.17) is 21.1 Å². The van der Waals surface area contributed by atoms with E-state index in [-0.39, 0.29) is 17.3 Å². The van der Waals surface area contributed by atoms with Gasteiger partial charge in [0.2, 0.25) is 5.91 Å². The van der Waals surface area contributed by atoms with Crippen LogP contribution in [0, 0.1) is 6.92 Å².